The van der Waals surface area contributed by atoms with Gasteiger partial charge in [-0.25, -0.2) is 0 Å². The summed E-state index contributed by atoms with van der Waals surface area (Å²) in [6.45, 7) is -0.252. The van der Waals surface area contributed by atoms with Crippen molar-refractivity contribution in [2.24, 2.45) is 44.4 Å². The molecule has 1 aromatic carbocycles. The second-order valence-electron chi connectivity index (χ2n) is 21.4. The van der Waals surface area contributed by atoms with Crippen LogP contribution in [0.25, 0.3) is 10.9 Å². The number of H-pyrrole nitrogens is 1. The Hall–Kier alpha value is -8.27. The molecule has 12 amide bonds. The summed E-state index contributed by atoms with van der Waals surface area (Å²) >= 11 is 0. The molecule has 3 saturated heterocycles. The Morgan fingerprint density at radius 1 is 0.630 bits per heavy atom. The zero-order chi connectivity index (χ0) is 67.6. The number of carbonyl (C=O) groups excluding carboxylic acids is 12. The SMILES string of the molecule is C[C@@H]1NC(=O)[C@@H]2CSSC[C@H](NC(=O)CCN)C(=O)N[C@@H](CSSC[C@@H](C(N)=O)NC(=O)[C@H](CCCN=C(N)N)NC(=O)[C@H](Cc3cc4ccccc4[nH]3)NC1=O)C(=O)N[C@@H](CO)C(=O)N[C@@H](CC(=O)O)C(=O)N1CCCC1C(=O)N[C@@H](CCCN=C(N)N)C(=O)N2. The average molecular weight is 1370 g/mol. The maximum absolute atomic E-state index is 14.7. The molecule has 11 atom stereocenters. The van der Waals surface area contributed by atoms with Gasteiger partial charge in [0.25, 0.3) is 0 Å². The number of aliphatic imine (C=N–C) groups is 2. The van der Waals surface area contributed by atoms with Crippen LogP contribution in [0.3, 0.4) is 0 Å². The van der Waals surface area contributed by atoms with E-state index in [2.05, 4.69) is 68.1 Å². The number of nitrogens with zero attached hydrogens (tertiary/aromatic N) is 3. The zero-order valence-corrected chi connectivity index (χ0v) is 53.4. The van der Waals surface area contributed by atoms with Gasteiger partial charge in [0.05, 0.1) is 13.0 Å². The molecular formula is C53H80N20O15S4. The fourth-order valence-corrected chi connectivity index (χ4v) is 14.1. The third-order valence-corrected chi connectivity index (χ3v) is 19.1. The van der Waals surface area contributed by atoms with Crippen molar-refractivity contribution < 1.29 is 72.5 Å². The van der Waals surface area contributed by atoms with Crippen LogP contribution in [-0.4, -0.2) is 231 Å². The van der Waals surface area contributed by atoms with Gasteiger partial charge in [0.1, 0.15) is 66.5 Å². The number of amides is 12. The molecular weight excluding hydrogens is 1280 g/mol. The molecule has 39 heteroatoms. The van der Waals surface area contributed by atoms with Crippen LogP contribution >= 0.6 is 43.2 Å². The number of aromatic amines is 1. The highest BCUT2D eigenvalue weighted by Gasteiger charge is 2.42. The third kappa shape index (κ3) is 23.8. The molecule has 0 aliphatic carbocycles. The van der Waals surface area contributed by atoms with E-state index in [-0.39, 0.29) is 107 Å². The molecule has 25 N–H and O–H groups in total. The second kappa shape index (κ2) is 37.3. The van der Waals surface area contributed by atoms with Crippen molar-refractivity contribution in [3.8, 4) is 0 Å². The molecule has 5 rings (SSSR count). The number of aliphatic hydroxyl groups is 1. The van der Waals surface area contributed by atoms with Gasteiger partial charge in [0, 0.05) is 73.2 Å². The Labute approximate surface area is 543 Å². The summed E-state index contributed by atoms with van der Waals surface area (Å²) < 4.78 is 0. The van der Waals surface area contributed by atoms with Crippen molar-refractivity contribution in [1.29, 1.82) is 0 Å². The number of aliphatic hydroxyl groups excluding tert-OH is 1. The summed E-state index contributed by atoms with van der Waals surface area (Å²) in [6.07, 6.45) is -1.61. The highest BCUT2D eigenvalue weighted by molar-refractivity contribution is 8.77. The minimum atomic E-state index is -1.94. The number of para-hydroxylation sites is 1. The molecule has 2 bridgehead atoms. The first-order valence-electron chi connectivity index (χ1n) is 29.1. The van der Waals surface area contributed by atoms with E-state index < -0.39 is 162 Å². The molecule has 4 heterocycles. The molecule has 506 valence electrons. The Balaban J connectivity index is 1.66. The Morgan fingerprint density at radius 3 is 1.76 bits per heavy atom. The van der Waals surface area contributed by atoms with Crippen LogP contribution in [0.1, 0.15) is 64.0 Å². The molecule has 3 aliphatic rings. The molecule has 1 unspecified atom stereocenters. The van der Waals surface area contributed by atoms with Gasteiger partial charge in [-0.3, -0.25) is 72.3 Å². The van der Waals surface area contributed by atoms with Crippen LogP contribution in [0.5, 0.6) is 0 Å². The molecule has 2 aromatic rings. The highest BCUT2D eigenvalue weighted by Crippen LogP contribution is 2.26. The predicted octanol–water partition coefficient (Wildman–Crippen LogP) is -7.23. The Bertz CT molecular complexity index is 3030. The number of primary amides is 1. The molecule has 0 radical (unpaired) electrons. The lowest BCUT2D eigenvalue weighted by molar-refractivity contribution is -0.146. The van der Waals surface area contributed by atoms with Crippen LogP contribution in [0.4, 0.5) is 0 Å². The number of carboxylic acid groups (broad SMARTS) is 1. The maximum atomic E-state index is 14.7. The number of benzene rings is 1. The first-order chi connectivity index (χ1) is 43.8. The molecule has 0 saturated carbocycles. The molecule has 35 nitrogen and oxygen atoms in total. The highest BCUT2D eigenvalue weighted by atomic mass is 33.1. The van der Waals surface area contributed by atoms with Gasteiger partial charge in [-0.2, -0.15) is 0 Å². The zero-order valence-electron chi connectivity index (χ0n) is 50.1. The van der Waals surface area contributed by atoms with E-state index in [1.165, 1.54) is 6.92 Å². The topological polar surface area (TPSA) is 583 Å². The fraction of sp³-hybridized carbons (Fsp3) is 0.566. The van der Waals surface area contributed by atoms with Gasteiger partial charge in [-0.1, -0.05) is 61.4 Å². The molecule has 3 fully saturated rings. The summed E-state index contributed by atoms with van der Waals surface area (Å²) in [5, 5.41) is 46.5. The van der Waals surface area contributed by atoms with E-state index in [4.69, 9.17) is 34.4 Å². The van der Waals surface area contributed by atoms with E-state index in [0.29, 0.717) is 11.2 Å². The van der Waals surface area contributed by atoms with Gasteiger partial charge in [0.2, 0.25) is 70.9 Å². The molecule has 1 aromatic heterocycles. The number of carbonyl (C=O) groups is 13. The summed E-state index contributed by atoms with van der Waals surface area (Å²) in [6, 6.07) is -8.62. The van der Waals surface area contributed by atoms with E-state index >= 15 is 0 Å². The summed E-state index contributed by atoms with van der Waals surface area (Å²) in [5.41, 5.74) is 34.8. The Morgan fingerprint density at radius 2 is 1.16 bits per heavy atom. The molecule has 92 heavy (non-hydrogen) atoms. The van der Waals surface area contributed by atoms with Crippen LogP contribution in [-0.2, 0) is 68.7 Å². The number of carboxylic acids is 1. The number of hydrogen-bond acceptors (Lipinski definition) is 21. The molecule has 0 spiro atoms. The van der Waals surface area contributed by atoms with Crippen LogP contribution in [0.2, 0.25) is 0 Å². The van der Waals surface area contributed by atoms with Gasteiger partial charge in [-0.05, 0) is 63.0 Å². The first kappa shape index (κ1) is 74.5. The van der Waals surface area contributed by atoms with Crippen LogP contribution in [0.15, 0.2) is 40.3 Å². The van der Waals surface area contributed by atoms with Crippen molar-refractivity contribution in [2.45, 2.75) is 131 Å². The summed E-state index contributed by atoms with van der Waals surface area (Å²) in [7, 11) is 3.50. The average Bonchev–Trinajstić information content (AvgIpc) is 1.69. The van der Waals surface area contributed by atoms with Gasteiger partial charge in [-0.15, -0.1) is 0 Å². The standard InChI is InChI=1S/C53H80N20O15S4/c1-25-42(79)67-31(18-27-17-26-7-2-3-8-28(26)63-27)45(82)65-29(9-4-14-60-52(56)57)43(80)70-34(41(55)78)21-89-91-24-37-49(86)69-33(20-74)46(83)68-32(19-40(76)77)51(88)73-16-6-11-38(73)50(87)66-30(10-5-15-61-53(58)59)44(81)71-36(47(84)62-25)23-92-90-22-35(48(85)72-37)64-39(75)12-13-54/h2-3,7-8,17,25,29-38,63,74H,4-6,9-16,18-24,54H2,1H3,(H2,55,78)(H,62,84)(H,64,75)(H,65,82)(H,66,87)(H,67,79)(H,68,83)(H,69,86)(H,70,80)(H,71,81)(H,72,85)(H,76,77)(H4,56,57,60)(H4,58,59,61)/t25-,29-,30-,31-,32-,33-,34-,35-,36-,37-,38?/m0/s1. The number of aromatic nitrogens is 1. The Kier molecular flexibility index (Phi) is 30.2. The van der Waals surface area contributed by atoms with E-state index in [0.717, 1.165) is 53.5 Å². The van der Waals surface area contributed by atoms with Crippen molar-refractivity contribution in [3.63, 3.8) is 0 Å². The van der Waals surface area contributed by atoms with Crippen molar-refractivity contribution in [1.82, 2.24) is 63.1 Å². The van der Waals surface area contributed by atoms with Crippen LogP contribution in [0, 0.1) is 0 Å². The number of guanidine groups is 2. The lowest BCUT2D eigenvalue weighted by Gasteiger charge is -2.30. The monoisotopic (exact) mass is 1360 g/mol. The predicted molar refractivity (Wildman–Crippen MR) is 344 cm³/mol. The number of hydrogen-bond donors (Lipinski definition) is 19. The minimum Gasteiger partial charge on any atom is -0.481 e. The second-order valence-corrected chi connectivity index (χ2v) is 26.5. The molecule has 3 aliphatic heterocycles. The largest absolute Gasteiger partial charge is 0.481 e. The third-order valence-electron chi connectivity index (χ3n) is 14.3. The minimum absolute atomic E-state index is 0.0116. The quantitative estimate of drug-likeness (QED) is 0.0303. The van der Waals surface area contributed by atoms with Gasteiger partial charge >= 0.3 is 5.97 Å². The maximum Gasteiger partial charge on any atom is 0.305 e. The smallest absolute Gasteiger partial charge is 0.305 e. The van der Waals surface area contributed by atoms with Gasteiger partial charge in [0.15, 0.2) is 11.9 Å². The van der Waals surface area contributed by atoms with E-state index in [1.54, 1.807) is 30.3 Å². The van der Waals surface area contributed by atoms with E-state index in [9.17, 15) is 72.5 Å². The van der Waals surface area contributed by atoms with Crippen molar-refractivity contribution in [2.75, 3.05) is 55.8 Å². The van der Waals surface area contributed by atoms with Crippen molar-refractivity contribution in [3.05, 3.63) is 36.0 Å². The van der Waals surface area contributed by atoms with Crippen LogP contribution < -0.4 is 87.6 Å². The lowest BCUT2D eigenvalue weighted by Crippen LogP contribution is -2.61. The normalized spacial score (nSPS) is 25.9. The van der Waals surface area contributed by atoms with Gasteiger partial charge < -0.3 is 108 Å². The first-order valence-corrected chi connectivity index (χ1v) is 34.1. The fourth-order valence-electron chi connectivity index (χ4n) is 9.47. The summed E-state index contributed by atoms with van der Waals surface area (Å²) in [5.74, 6) is -15.5. The van der Waals surface area contributed by atoms with Crippen molar-refractivity contribution >= 4 is 143 Å². The number of aliphatic carboxylic acids is 1. The number of nitrogens with two attached hydrogens (primary N) is 6. The number of rotatable bonds is 17. The number of fused-ring (bicyclic) bond motifs is 10. The lowest BCUT2D eigenvalue weighted by atomic mass is 10.1. The number of nitrogens with one attached hydrogen (secondary N) is 11. The van der Waals surface area contributed by atoms with E-state index in [1.807, 2.05) is 0 Å². The summed E-state index contributed by atoms with van der Waals surface area (Å²) in [4.78, 5) is 195.